The molecule has 1 amide bonds. The minimum absolute atomic E-state index is 0.133. The number of amides is 1. The van der Waals surface area contributed by atoms with Gasteiger partial charge < -0.3 is 25.4 Å². The minimum atomic E-state index is -3.82. The molecule has 1 unspecified atom stereocenters. The second-order valence-corrected chi connectivity index (χ2v) is 8.95. The van der Waals surface area contributed by atoms with Crippen molar-refractivity contribution in [2.75, 3.05) is 29.9 Å². The summed E-state index contributed by atoms with van der Waals surface area (Å²) in [6.45, 7) is 2.38. The standard InChI is InChI=1S/C25H28ClF2N5O3/c26-25(27,28)36-19-8-6-18(7-9-19)31-24(34)17-15-20(23(30-16-17)33-12-2-3-13-33)21(10-11-29)32-22-5-1-4-14-35-22/h6-11,15-16,22H,1-5,12-14,29H2,(H,31,34). The Kier molecular flexibility index (Phi) is 8.37. The number of nitrogens with two attached hydrogens (primary N) is 1. The lowest BCUT2D eigenvalue weighted by Gasteiger charge is -2.23. The molecule has 0 radical (unpaired) electrons. The van der Waals surface area contributed by atoms with Crippen molar-refractivity contribution in [2.45, 2.75) is 43.9 Å². The normalized spacial score (nSPS) is 19.0. The van der Waals surface area contributed by atoms with Crippen LogP contribution in [0.3, 0.4) is 0 Å². The van der Waals surface area contributed by atoms with Crippen LogP contribution in [0.4, 0.5) is 20.3 Å². The maximum Gasteiger partial charge on any atom is 0.487 e. The van der Waals surface area contributed by atoms with Crippen LogP contribution in [0.15, 0.2) is 53.8 Å². The lowest BCUT2D eigenvalue weighted by atomic mass is 10.1. The molecular weight excluding hydrogens is 492 g/mol. The van der Waals surface area contributed by atoms with Crippen molar-refractivity contribution in [3.05, 3.63) is 59.9 Å². The van der Waals surface area contributed by atoms with Crippen molar-refractivity contribution < 1.29 is 23.0 Å². The van der Waals surface area contributed by atoms with Gasteiger partial charge in [0.25, 0.3) is 5.91 Å². The van der Waals surface area contributed by atoms with E-state index in [2.05, 4.69) is 19.9 Å². The van der Waals surface area contributed by atoms with Crippen LogP contribution >= 0.6 is 11.6 Å². The van der Waals surface area contributed by atoms with Crippen LogP contribution in [0.25, 0.3) is 0 Å². The molecule has 0 saturated carbocycles. The molecule has 1 aromatic heterocycles. The third kappa shape index (κ3) is 6.92. The highest BCUT2D eigenvalue weighted by Crippen LogP contribution is 2.28. The number of aromatic nitrogens is 1. The van der Waals surface area contributed by atoms with Gasteiger partial charge in [0.05, 0.1) is 11.3 Å². The van der Waals surface area contributed by atoms with Crippen LogP contribution < -0.4 is 20.7 Å². The maximum atomic E-state index is 13.0. The van der Waals surface area contributed by atoms with Gasteiger partial charge in [-0.15, -0.1) is 8.78 Å². The van der Waals surface area contributed by atoms with Gasteiger partial charge in [-0.3, -0.25) is 9.79 Å². The number of carbonyl (C=O) groups is 1. The van der Waals surface area contributed by atoms with E-state index in [0.29, 0.717) is 29.1 Å². The summed E-state index contributed by atoms with van der Waals surface area (Å²) in [5, 5.41) is 2.74. The highest BCUT2D eigenvalue weighted by molar-refractivity contribution is 6.20. The molecule has 2 fully saturated rings. The fourth-order valence-corrected chi connectivity index (χ4v) is 4.26. The molecule has 2 aromatic rings. The average Bonchev–Trinajstić information content (AvgIpc) is 3.39. The Balaban J connectivity index is 1.61. The predicted molar refractivity (Wildman–Crippen MR) is 135 cm³/mol. The van der Waals surface area contributed by atoms with Crippen molar-refractivity contribution in [3.63, 3.8) is 0 Å². The third-order valence-corrected chi connectivity index (χ3v) is 5.93. The molecular formula is C25H28ClF2N5O3. The maximum absolute atomic E-state index is 13.0. The molecule has 11 heteroatoms. The van der Waals surface area contributed by atoms with E-state index in [0.717, 1.165) is 51.0 Å². The van der Waals surface area contributed by atoms with Crippen LogP contribution in [-0.4, -0.2) is 48.1 Å². The number of ether oxygens (including phenoxy) is 2. The molecule has 36 heavy (non-hydrogen) atoms. The molecule has 2 aliphatic rings. The second-order valence-electron chi connectivity index (χ2n) is 8.51. The molecule has 0 aliphatic carbocycles. The predicted octanol–water partition coefficient (Wildman–Crippen LogP) is 4.89. The zero-order valence-corrected chi connectivity index (χ0v) is 20.4. The fourth-order valence-electron chi connectivity index (χ4n) is 4.17. The molecule has 1 aromatic carbocycles. The summed E-state index contributed by atoms with van der Waals surface area (Å²) in [5.74, 6) is 0.185. The summed E-state index contributed by atoms with van der Waals surface area (Å²) in [5.41, 5.74) is 3.91. The molecule has 1 atom stereocenters. The largest absolute Gasteiger partial charge is 0.487 e. The first-order valence-corrected chi connectivity index (χ1v) is 12.2. The summed E-state index contributed by atoms with van der Waals surface area (Å²) in [6.07, 6.45) is 9.30. The monoisotopic (exact) mass is 519 g/mol. The number of anilines is 2. The quantitative estimate of drug-likeness (QED) is 0.380. The van der Waals surface area contributed by atoms with Gasteiger partial charge in [0.2, 0.25) is 0 Å². The SMILES string of the molecule is NC=CC(=NC1CCCCO1)c1cc(C(=O)Nc2ccc(OC(F)(F)Cl)cc2)cnc1N1CCCC1. The van der Waals surface area contributed by atoms with Gasteiger partial charge in [-0.1, -0.05) is 0 Å². The van der Waals surface area contributed by atoms with E-state index in [4.69, 9.17) is 27.1 Å². The summed E-state index contributed by atoms with van der Waals surface area (Å²) < 4.78 is 35.7. The van der Waals surface area contributed by atoms with Gasteiger partial charge in [0, 0.05) is 48.7 Å². The molecule has 2 saturated heterocycles. The summed E-state index contributed by atoms with van der Waals surface area (Å²) >= 11 is 4.79. The Bertz CT molecular complexity index is 1110. The van der Waals surface area contributed by atoms with E-state index in [1.807, 2.05) is 0 Å². The summed E-state index contributed by atoms with van der Waals surface area (Å²) in [6, 6.07) is 7.18. The molecule has 8 nitrogen and oxygen atoms in total. The number of hydrogen-bond donors (Lipinski definition) is 2. The number of benzene rings is 1. The summed E-state index contributed by atoms with van der Waals surface area (Å²) in [7, 11) is 0. The number of alkyl halides is 3. The van der Waals surface area contributed by atoms with E-state index in [-0.39, 0.29) is 12.0 Å². The van der Waals surface area contributed by atoms with Crippen LogP contribution in [-0.2, 0) is 4.74 Å². The van der Waals surface area contributed by atoms with Crippen molar-refractivity contribution in [2.24, 2.45) is 10.7 Å². The number of rotatable bonds is 8. The van der Waals surface area contributed by atoms with Crippen molar-refractivity contribution in [1.29, 1.82) is 0 Å². The molecule has 3 N–H and O–H groups in total. The van der Waals surface area contributed by atoms with Crippen molar-refractivity contribution in [1.82, 2.24) is 4.98 Å². The Labute approximate surface area is 213 Å². The minimum Gasteiger partial charge on any atom is -0.420 e. The van der Waals surface area contributed by atoms with Crippen LogP contribution in [0.1, 0.15) is 48.0 Å². The Morgan fingerprint density at radius 2 is 2.00 bits per heavy atom. The first kappa shape index (κ1) is 25.8. The average molecular weight is 520 g/mol. The van der Waals surface area contributed by atoms with Crippen LogP contribution in [0.2, 0.25) is 0 Å². The van der Waals surface area contributed by atoms with Gasteiger partial charge in [-0.2, -0.15) is 0 Å². The zero-order valence-electron chi connectivity index (χ0n) is 19.6. The van der Waals surface area contributed by atoms with Gasteiger partial charge in [-0.25, -0.2) is 4.98 Å². The number of allylic oxidation sites excluding steroid dienone is 1. The molecule has 2 aliphatic heterocycles. The Morgan fingerprint density at radius 3 is 2.64 bits per heavy atom. The smallest absolute Gasteiger partial charge is 0.420 e. The van der Waals surface area contributed by atoms with Gasteiger partial charge >= 0.3 is 5.57 Å². The molecule has 3 heterocycles. The Hall–Kier alpha value is -3.24. The molecule has 0 spiro atoms. The highest BCUT2D eigenvalue weighted by atomic mass is 35.5. The lowest BCUT2D eigenvalue weighted by molar-refractivity contribution is -0.0964. The number of pyridine rings is 1. The number of nitrogens with zero attached hydrogens (tertiary/aromatic N) is 3. The number of hydrogen-bond acceptors (Lipinski definition) is 7. The van der Waals surface area contributed by atoms with Crippen LogP contribution in [0.5, 0.6) is 5.75 Å². The molecule has 192 valence electrons. The number of aliphatic imine (C=N–C) groups is 1. The fraction of sp³-hybridized carbons (Fsp3) is 0.400. The van der Waals surface area contributed by atoms with Crippen LogP contribution in [0, 0.1) is 0 Å². The van der Waals surface area contributed by atoms with E-state index in [1.165, 1.54) is 36.7 Å². The van der Waals surface area contributed by atoms with Gasteiger partial charge in [-0.05, 0) is 74.7 Å². The topological polar surface area (TPSA) is 102 Å². The zero-order chi connectivity index (χ0) is 25.5. The van der Waals surface area contributed by atoms with E-state index in [9.17, 15) is 13.6 Å². The Morgan fingerprint density at radius 1 is 1.25 bits per heavy atom. The lowest BCUT2D eigenvalue weighted by Crippen LogP contribution is -2.24. The second kappa shape index (κ2) is 11.7. The van der Waals surface area contributed by atoms with Gasteiger partial charge in [0.1, 0.15) is 17.8 Å². The first-order valence-electron chi connectivity index (χ1n) is 11.8. The third-order valence-electron chi connectivity index (χ3n) is 5.85. The molecule has 0 bridgehead atoms. The van der Waals surface area contributed by atoms with Crippen molar-refractivity contribution in [3.8, 4) is 5.75 Å². The van der Waals surface area contributed by atoms with E-state index in [1.54, 1.807) is 12.1 Å². The first-order chi connectivity index (χ1) is 17.3. The highest BCUT2D eigenvalue weighted by Gasteiger charge is 2.27. The van der Waals surface area contributed by atoms with Gasteiger partial charge in [0.15, 0.2) is 0 Å². The number of halogens is 3. The van der Waals surface area contributed by atoms with E-state index < -0.39 is 11.5 Å². The molecule has 4 rings (SSSR count). The number of nitrogens with one attached hydrogen (secondary N) is 1. The number of carbonyl (C=O) groups excluding carboxylic acids is 1. The van der Waals surface area contributed by atoms with E-state index >= 15 is 0 Å². The van der Waals surface area contributed by atoms with Crippen molar-refractivity contribution >= 4 is 34.7 Å². The summed E-state index contributed by atoms with van der Waals surface area (Å²) in [4.78, 5) is 24.6.